The molecule has 172 valence electrons. The number of aryl methyl sites for hydroxylation is 1. The molecule has 0 aliphatic heterocycles. The Morgan fingerprint density at radius 3 is 1.76 bits per heavy atom. The minimum atomic E-state index is -1.22. The Hall–Kier alpha value is -3.40. The average molecular weight is 445 g/mol. The van der Waals surface area contributed by atoms with Crippen LogP contribution in [-0.2, 0) is 11.8 Å². The zero-order valence-corrected chi connectivity index (χ0v) is 19.2. The van der Waals surface area contributed by atoms with Gasteiger partial charge in [0.05, 0.1) is 11.1 Å². The third-order valence-corrected chi connectivity index (χ3v) is 6.47. The van der Waals surface area contributed by atoms with E-state index in [1.165, 1.54) is 23.3 Å². The quantitative estimate of drug-likeness (QED) is 0.296. The highest BCUT2D eigenvalue weighted by Gasteiger charge is 2.32. The van der Waals surface area contributed by atoms with Crippen molar-refractivity contribution < 1.29 is 19.8 Å². The largest absolute Gasteiger partial charge is 0.478 e. The zero-order valence-electron chi connectivity index (χ0n) is 19.2. The van der Waals surface area contributed by atoms with Crippen LogP contribution in [-0.4, -0.2) is 22.2 Å². The summed E-state index contributed by atoms with van der Waals surface area (Å²) in [5.41, 5.74) is 3.16. The molecule has 0 spiro atoms. The lowest BCUT2D eigenvalue weighted by Crippen LogP contribution is -2.28. The second-order valence-corrected chi connectivity index (χ2v) is 8.62. The summed E-state index contributed by atoms with van der Waals surface area (Å²) < 4.78 is 0. The number of benzene rings is 3. The first-order valence-electron chi connectivity index (χ1n) is 11.7. The van der Waals surface area contributed by atoms with Crippen molar-refractivity contribution in [2.45, 2.75) is 57.3 Å². The van der Waals surface area contributed by atoms with E-state index in [1.807, 2.05) is 0 Å². The van der Waals surface area contributed by atoms with Crippen molar-refractivity contribution in [3.05, 3.63) is 107 Å². The molecule has 4 nitrogen and oxygen atoms in total. The Morgan fingerprint density at radius 1 is 0.697 bits per heavy atom. The molecule has 3 aromatic rings. The Labute approximate surface area is 195 Å². The monoisotopic (exact) mass is 444 g/mol. The third kappa shape index (κ3) is 5.89. The van der Waals surface area contributed by atoms with E-state index >= 15 is 0 Å². The molecule has 0 fully saturated rings. The summed E-state index contributed by atoms with van der Waals surface area (Å²) >= 11 is 0. The molecule has 0 aliphatic rings. The maximum Gasteiger partial charge on any atom is 0.336 e. The van der Waals surface area contributed by atoms with E-state index in [1.54, 1.807) is 6.07 Å². The molecule has 0 saturated heterocycles. The highest BCUT2D eigenvalue weighted by Crippen LogP contribution is 2.41. The molecule has 3 rings (SSSR count). The Kier molecular flexibility index (Phi) is 8.42. The smallest absolute Gasteiger partial charge is 0.336 e. The molecule has 4 heteroatoms. The predicted octanol–water partition coefficient (Wildman–Crippen LogP) is 6.97. The highest BCUT2D eigenvalue weighted by molar-refractivity contribution is 6.01. The van der Waals surface area contributed by atoms with Crippen LogP contribution >= 0.6 is 0 Å². The van der Waals surface area contributed by atoms with Gasteiger partial charge >= 0.3 is 11.9 Å². The van der Waals surface area contributed by atoms with E-state index < -0.39 is 11.9 Å². The molecule has 2 N–H and O–H groups in total. The van der Waals surface area contributed by atoms with Gasteiger partial charge in [0.2, 0.25) is 0 Å². The van der Waals surface area contributed by atoms with Crippen LogP contribution in [0.4, 0.5) is 0 Å². The van der Waals surface area contributed by atoms with Crippen molar-refractivity contribution in [1.29, 1.82) is 0 Å². The normalized spacial score (nSPS) is 11.3. The van der Waals surface area contributed by atoms with E-state index in [0.717, 1.165) is 44.1 Å². The van der Waals surface area contributed by atoms with Gasteiger partial charge in [0.1, 0.15) is 0 Å². The SMILES string of the molecule is CCCCC(CCCCc1ccc(C(=O)O)c(C(=O)O)c1)(c1ccccc1)c1ccccc1. The summed E-state index contributed by atoms with van der Waals surface area (Å²) in [5, 5.41) is 18.6. The molecule has 0 aliphatic carbocycles. The number of aromatic carboxylic acids is 2. The third-order valence-electron chi connectivity index (χ3n) is 6.47. The number of carbonyl (C=O) groups is 2. The first-order chi connectivity index (χ1) is 16.0. The van der Waals surface area contributed by atoms with Gasteiger partial charge in [0, 0.05) is 5.41 Å². The molecule has 0 bridgehead atoms. The number of hydrogen-bond donors (Lipinski definition) is 2. The van der Waals surface area contributed by atoms with Gasteiger partial charge in [0.15, 0.2) is 0 Å². The highest BCUT2D eigenvalue weighted by atomic mass is 16.4. The second-order valence-electron chi connectivity index (χ2n) is 8.62. The fraction of sp³-hybridized carbons (Fsp3) is 0.310. The van der Waals surface area contributed by atoms with Gasteiger partial charge in [-0.1, -0.05) is 92.9 Å². The maximum absolute atomic E-state index is 11.5. The fourth-order valence-electron chi connectivity index (χ4n) is 4.73. The molecule has 33 heavy (non-hydrogen) atoms. The van der Waals surface area contributed by atoms with Crippen LogP contribution in [0.3, 0.4) is 0 Å². The zero-order chi connectivity index (χ0) is 23.7. The molecular formula is C29H32O4. The lowest BCUT2D eigenvalue weighted by Gasteiger charge is -2.36. The van der Waals surface area contributed by atoms with Crippen LogP contribution in [0, 0.1) is 0 Å². The number of carboxylic acid groups (broad SMARTS) is 2. The van der Waals surface area contributed by atoms with Crippen molar-refractivity contribution in [2.24, 2.45) is 0 Å². The van der Waals surface area contributed by atoms with Gasteiger partial charge in [-0.05, 0) is 54.5 Å². The van der Waals surface area contributed by atoms with Crippen molar-refractivity contribution >= 4 is 11.9 Å². The van der Waals surface area contributed by atoms with Crippen LogP contribution in [0.1, 0.15) is 82.9 Å². The Bertz CT molecular complexity index is 1020. The van der Waals surface area contributed by atoms with E-state index in [2.05, 4.69) is 67.6 Å². The van der Waals surface area contributed by atoms with Gasteiger partial charge in [-0.25, -0.2) is 9.59 Å². The van der Waals surface area contributed by atoms with Crippen LogP contribution < -0.4 is 0 Å². The molecule has 0 unspecified atom stereocenters. The molecular weight excluding hydrogens is 412 g/mol. The van der Waals surface area contributed by atoms with Gasteiger partial charge in [0.25, 0.3) is 0 Å². The minimum Gasteiger partial charge on any atom is -0.478 e. The summed E-state index contributed by atoms with van der Waals surface area (Å²) in [6.07, 6.45) is 6.95. The van der Waals surface area contributed by atoms with Crippen molar-refractivity contribution in [3.63, 3.8) is 0 Å². The summed E-state index contributed by atoms with van der Waals surface area (Å²) in [6, 6.07) is 26.1. The second kappa shape index (κ2) is 11.5. The Balaban J connectivity index is 1.80. The molecule has 0 saturated carbocycles. The topological polar surface area (TPSA) is 74.6 Å². The molecule has 0 amide bonds. The van der Waals surface area contributed by atoms with E-state index in [9.17, 15) is 19.8 Å². The fourth-order valence-corrected chi connectivity index (χ4v) is 4.73. The van der Waals surface area contributed by atoms with Crippen molar-refractivity contribution in [1.82, 2.24) is 0 Å². The number of unbranched alkanes of at least 4 members (excludes halogenated alkanes) is 2. The van der Waals surface area contributed by atoms with Crippen molar-refractivity contribution in [2.75, 3.05) is 0 Å². The first-order valence-corrected chi connectivity index (χ1v) is 11.7. The molecule has 0 heterocycles. The summed E-state index contributed by atoms with van der Waals surface area (Å²) in [6.45, 7) is 2.22. The Morgan fingerprint density at radius 2 is 1.24 bits per heavy atom. The van der Waals surface area contributed by atoms with Crippen LogP contribution in [0.15, 0.2) is 78.9 Å². The summed E-state index contributed by atoms with van der Waals surface area (Å²) in [4.78, 5) is 22.8. The van der Waals surface area contributed by atoms with Crippen molar-refractivity contribution in [3.8, 4) is 0 Å². The van der Waals surface area contributed by atoms with Crippen LogP contribution in [0.5, 0.6) is 0 Å². The molecule has 0 radical (unpaired) electrons. The van der Waals surface area contributed by atoms with E-state index in [4.69, 9.17) is 0 Å². The average Bonchev–Trinajstić information content (AvgIpc) is 2.84. The van der Waals surface area contributed by atoms with Gasteiger partial charge in [-0.2, -0.15) is 0 Å². The van der Waals surface area contributed by atoms with Gasteiger partial charge in [-0.3, -0.25) is 0 Å². The summed E-state index contributed by atoms with van der Waals surface area (Å²) in [5.74, 6) is -2.42. The summed E-state index contributed by atoms with van der Waals surface area (Å²) in [7, 11) is 0. The van der Waals surface area contributed by atoms with E-state index in [-0.39, 0.29) is 16.5 Å². The lowest BCUT2D eigenvalue weighted by molar-refractivity contribution is 0.0651. The van der Waals surface area contributed by atoms with Gasteiger partial charge < -0.3 is 10.2 Å². The van der Waals surface area contributed by atoms with E-state index in [0.29, 0.717) is 6.42 Å². The standard InChI is InChI=1S/C29H32O4/c1-2-3-19-29(23-13-6-4-7-14-23,24-15-8-5-9-16-24)20-11-10-12-22-17-18-25(27(30)31)26(21-22)28(32)33/h4-9,13-18,21H,2-3,10-12,19-20H2,1H3,(H,30,31)(H,32,33). The molecule has 3 aromatic carbocycles. The number of rotatable bonds is 12. The van der Waals surface area contributed by atoms with Crippen LogP contribution in [0.25, 0.3) is 0 Å². The van der Waals surface area contributed by atoms with Gasteiger partial charge in [-0.15, -0.1) is 0 Å². The molecule has 0 atom stereocenters. The maximum atomic E-state index is 11.5. The number of hydrogen-bond acceptors (Lipinski definition) is 2. The first kappa shape index (κ1) is 24.2. The minimum absolute atomic E-state index is 0.0576. The van der Waals surface area contributed by atoms with Crippen LogP contribution in [0.2, 0.25) is 0 Å². The lowest BCUT2D eigenvalue weighted by atomic mass is 9.68. The molecule has 0 aromatic heterocycles. The predicted molar refractivity (Wildman–Crippen MR) is 131 cm³/mol. The number of carboxylic acids is 2.